The summed E-state index contributed by atoms with van der Waals surface area (Å²) in [7, 11) is 0. The van der Waals surface area contributed by atoms with Gasteiger partial charge in [0.25, 0.3) is 5.91 Å². The van der Waals surface area contributed by atoms with E-state index in [0.717, 1.165) is 23.5 Å². The van der Waals surface area contributed by atoms with Crippen LogP contribution in [-0.2, 0) is 6.54 Å². The number of nitrogens with two attached hydrogens (primary N) is 1. The van der Waals surface area contributed by atoms with Gasteiger partial charge in [-0.05, 0) is 44.2 Å². The van der Waals surface area contributed by atoms with Gasteiger partial charge in [-0.3, -0.25) is 4.79 Å². The largest absolute Gasteiger partial charge is 0.350 e. The van der Waals surface area contributed by atoms with Crippen molar-refractivity contribution in [3.8, 4) is 0 Å². The van der Waals surface area contributed by atoms with E-state index in [-0.39, 0.29) is 24.4 Å². The van der Waals surface area contributed by atoms with Crippen LogP contribution in [-0.4, -0.2) is 23.1 Å². The number of rotatable bonds is 6. The molecule has 1 amide bonds. The average molecular weight is 348 g/mol. The zero-order chi connectivity index (χ0) is 16.4. The van der Waals surface area contributed by atoms with Gasteiger partial charge in [-0.15, -0.1) is 12.4 Å². The van der Waals surface area contributed by atoms with Crippen LogP contribution in [0.3, 0.4) is 0 Å². The van der Waals surface area contributed by atoms with E-state index in [2.05, 4.69) is 22.0 Å². The van der Waals surface area contributed by atoms with Crippen LogP contribution in [0.15, 0.2) is 36.4 Å². The van der Waals surface area contributed by atoms with Gasteiger partial charge in [0.15, 0.2) is 0 Å². The second kappa shape index (κ2) is 7.86. The number of hydrogen-bond donors (Lipinski definition) is 2. The van der Waals surface area contributed by atoms with Crippen LogP contribution in [0.25, 0.3) is 0 Å². The van der Waals surface area contributed by atoms with Crippen molar-refractivity contribution in [2.45, 2.75) is 39.3 Å². The van der Waals surface area contributed by atoms with Crippen molar-refractivity contribution in [3.63, 3.8) is 0 Å². The summed E-state index contributed by atoms with van der Waals surface area (Å²) < 4.78 is 2.19. The Kier molecular flexibility index (Phi) is 6.08. The second-order valence-corrected chi connectivity index (χ2v) is 6.57. The number of aryl methyl sites for hydroxylation is 1. The lowest BCUT2D eigenvalue weighted by atomic mass is 10.2. The molecule has 1 aromatic carbocycles. The number of benzene rings is 1. The van der Waals surface area contributed by atoms with Crippen molar-refractivity contribution < 1.29 is 4.79 Å². The summed E-state index contributed by atoms with van der Waals surface area (Å²) >= 11 is 0. The molecule has 1 unspecified atom stereocenters. The van der Waals surface area contributed by atoms with Crippen molar-refractivity contribution in [1.82, 2.24) is 9.88 Å². The number of carbonyl (C=O) groups is 1. The summed E-state index contributed by atoms with van der Waals surface area (Å²) in [6, 6.07) is 12.4. The molecule has 1 saturated carbocycles. The number of halogens is 1. The average Bonchev–Trinajstić information content (AvgIpc) is 3.36. The molecule has 1 aromatic heterocycles. The molecular formula is C19H26ClN3O. The van der Waals surface area contributed by atoms with Crippen molar-refractivity contribution in [3.05, 3.63) is 58.9 Å². The third-order valence-corrected chi connectivity index (χ3v) is 4.73. The minimum Gasteiger partial charge on any atom is -0.350 e. The third kappa shape index (κ3) is 4.19. The number of carbonyl (C=O) groups excluding carboxylic acids is 1. The number of amides is 1. The lowest BCUT2D eigenvalue weighted by molar-refractivity contribution is 0.0949. The fraction of sp³-hybridized carbons (Fsp3) is 0.421. The third-order valence-electron chi connectivity index (χ3n) is 4.73. The molecule has 0 saturated heterocycles. The van der Waals surface area contributed by atoms with Gasteiger partial charge in [-0.1, -0.05) is 30.3 Å². The Balaban J connectivity index is 0.00000208. The predicted octanol–water partition coefficient (Wildman–Crippen LogP) is 3.04. The van der Waals surface area contributed by atoms with E-state index >= 15 is 0 Å². The number of nitrogens with one attached hydrogen (secondary N) is 1. The fourth-order valence-corrected chi connectivity index (χ4v) is 3.04. The predicted molar refractivity (Wildman–Crippen MR) is 99.7 cm³/mol. The molecule has 2 aromatic rings. The Morgan fingerprint density at radius 2 is 1.96 bits per heavy atom. The Hall–Kier alpha value is -1.78. The Morgan fingerprint density at radius 1 is 1.29 bits per heavy atom. The highest BCUT2D eigenvalue weighted by Gasteiger charge is 2.28. The van der Waals surface area contributed by atoms with Crippen molar-refractivity contribution >= 4 is 18.3 Å². The molecule has 0 spiro atoms. The van der Waals surface area contributed by atoms with Gasteiger partial charge in [0, 0.05) is 30.5 Å². The molecule has 1 fully saturated rings. The van der Waals surface area contributed by atoms with E-state index < -0.39 is 0 Å². The van der Waals surface area contributed by atoms with Crippen LogP contribution < -0.4 is 11.1 Å². The molecule has 0 radical (unpaired) electrons. The van der Waals surface area contributed by atoms with Crippen molar-refractivity contribution in [2.24, 2.45) is 11.7 Å². The van der Waals surface area contributed by atoms with Crippen LogP contribution in [0.5, 0.6) is 0 Å². The lowest BCUT2D eigenvalue weighted by Crippen LogP contribution is -2.38. The van der Waals surface area contributed by atoms with Crippen molar-refractivity contribution in [2.75, 3.05) is 6.54 Å². The zero-order valence-electron chi connectivity index (χ0n) is 14.3. The molecule has 1 aliphatic carbocycles. The number of hydrogen-bond acceptors (Lipinski definition) is 2. The monoisotopic (exact) mass is 347 g/mol. The molecule has 1 aliphatic rings. The SMILES string of the molecule is Cc1cc(C(=O)NCC(N)C2CC2)c(C)n1Cc1ccccc1.Cl. The van der Waals surface area contributed by atoms with Gasteiger partial charge in [0.1, 0.15) is 0 Å². The normalized spacial score (nSPS) is 14.8. The van der Waals surface area contributed by atoms with Gasteiger partial charge in [0.05, 0.1) is 5.56 Å². The first kappa shape index (κ1) is 18.6. The molecule has 0 aliphatic heterocycles. The fourth-order valence-electron chi connectivity index (χ4n) is 3.04. The van der Waals surface area contributed by atoms with E-state index in [4.69, 9.17) is 5.73 Å². The zero-order valence-corrected chi connectivity index (χ0v) is 15.1. The van der Waals surface area contributed by atoms with Crippen LogP contribution in [0, 0.1) is 19.8 Å². The highest BCUT2D eigenvalue weighted by atomic mass is 35.5. The minimum atomic E-state index is -0.0199. The van der Waals surface area contributed by atoms with Gasteiger partial charge in [-0.25, -0.2) is 0 Å². The number of aromatic nitrogens is 1. The topological polar surface area (TPSA) is 60.1 Å². The molecule has 1 heterocycles. The summed E-state index contributed by atoms with van der Waals surface area (Å²) in [4.78, 5) is 12.5. The quantitative estimate of drug-likeness (QED) is 0.843. The summed E-state index contributed by atoms with van der Waals surface area (Å²) in [6.45, 7) is 5.40. The Bertz CT molecular complexity index is 692. The van der Waals surface area contributed by atoms with Gasteiger partial charge < -0.3 is 15.6 Å². The van der Waals surface area contributed by atoms with Crippen LogP contribution in [0.1, 0.15) is 40.2 Å². The standard InChI is InChI=1S/C19H25N3O.ClH/c1-13-10-17(19(23)21-11-18(20)16-8-9-16)14(2)22(13)12-15-6-4-3-5-7-15;/h3-7,10,16,18H,8-9,11-12,20H2,1-2H3,(H,21,23);1H. The lowest BCUT2D eigenvalue weighted by Gasteiger charge is -2.12. The van der Waals surface area contributed by atoms with Crippen LogP contribution in [0.2, 0.25) is 0 Å². The van der Waals surface area contributed by atoms with Crippen molar-refractivity contribution in [1.29, 1.82) is 0 Å². The van der Waals surface area contributed by atoms with Crippen LogP contribution in [0.4, 0.5) is 0 Å². The summed E-state index contributed by atoms with van der Waals surface area (Å²) in [5.74, 6) is 0.578. The molecule has 3 rings (SSSR count). The smallest absolute Gasteiger partial charge is 0.253 e. The highest BCUT2D eigenvalue weighted by molar-refractivity contribution is 5.95. The molecule has 24 heavy (non-hydrogen) atoms. The van der Waals surface area contributed by atoms with E-state index in [1.165, 1.54) is 18.4 Å². The molecule has 3 N–H and O–H groups in total. The Morgan fingerprint density at radius 3 is 2.58 bits per heavy atom. The van der Waals surface area contributed by atoms with Gasteiger partial charge in [0.2, 0.25) is 0 Å². The minimum absolute atomic E-state index is 0. The molecule has 5 heteroatoms. The number of nitrogens with zero attached hydrogens (tertiary/aromatic N) is 1. The molecule has 130 valence electrons. The maximum Gasteiger partial charge on any atom is 0.253 e. The van der Waals surface area contributed by atoms with Gasteiger partial charge >= 0.3 is 0 Å². The Labute approximate surface area is 149 Å². The van der Waals surface area contributed by atoms with Gasteiger partial charge in [-0.2, -0.15) is 0 Å². The van der Waals surface area contributed by atoms with E-state index in [1.54, 1.807) is 0 Å². The molecule has 1 atom stereocenters. The second-order valence-electron chi connectivity index (χ2n) is 6.57. The van der Waals surface area contributed by atoms with Crippen LogP contribution >= 0.6 is 12.4 Å². The summed E-state index contributed by atoms with van der Waals surface area (Å²) in [6.07, 6.45) is 2.39. The summed E-state index contributed by atoms with van der Waals surface area (Å²) in [5.41, 5.74) is 10.1. The highest BCUT2D eigenvalue weighted by Crippen LogP contribution is 2.31. The molecule has 0 bridgehead atoms. The first-order valence-electron chi connectivity index (χ1n) is 8.30. The maximum absolute atomic E-state index is 12.5. The summed E-state index contributed by atoms with van der Waals surface area (Å²) in [5, 5.41) is 2.99. The van der Waals surface area contributed by atoms with E-state index in [1.807, 2.05) is 38.1 Å². The van der Waals surface area contributed by atoms with E-state index in [0.29, 0.717) is 12.5 Å². The maximum atomic E-state index is 12.5. The first-order valence-corrected chi connectivity index (χ1v) is 8.30. The molecule has 4 nitrogen and oxygen atoms in total. The van der Waals surface area contributed by atoms with E-state index in [9.17, 15) is 4.79 Å². The molecular weight excluding hydrogens is 322 g/mol. The first-order chi connectivity index (χ1) is 11.1.